The molecule has 0 aliphatic heterocycles. The van der Waals surface area contributed by atoms with Gasteiger partial charge in [0.1, 0.15) is 0 Å². The summed E-state index contributed by atoms with van der Waals surface area (Å²) in [7, 11) is 0. The highest BCUT2D eigenvalue weighted by Crippen LogP contribution is 2.29. The first kappa shape index (κ1) is 18.0. The molecule has 22 heavy (non-hydrogen) atoms. The largest absolute Gasteiger partial charge is 0.441 e. The van der Waals surface area contributed by atoms with E-state index in [1.807, 2.05) is 6.92 Å². The Morgan fingerprint density at radius 1 is 1.27 bits per heavy atom. The zero-order valence-corrected chi connectivity index (χ0v) is 12.9. The molecule has 0 aliphatic carbocycles. The summed E-state index contributed by atoms with van der Waals surface area (Å²) in [6.07, 6.45) is 1.02. The number of aliphatic hydroxyl groups is 1. The molecule has 5 heteroatoms. The van der Waals surface area contributed by atoms with Crippen molar-refractivity contribution < 1.29 is 24.2 Å². The molecule has 0 aromatic heterocycles. The third kappa shape index (κ3) is 4.24. The fourth-order valence-electron chi connectivity index (χ4n) is 2.13. The van der Waals surface area contributed by atoms with Gasteiger partial charge in [0, 0.05) is 5.92 Å². The summed E-state index contributed by atoms with van der Waals surface area (Å²) >= 11 is 0. The molecule has 2 unspecified atom stereocenters. The van der Waals surface area contributed by atoms with Gasteiger partial charge in [0.2, 0.25) is 5.60 Å². The Balaban J connectivity index is 2.94. The molecule has 5 nitrogen and oxygen atoms in total. The van der Waals surface area contributed by atoms with Crippen molar-refractivity contribution in [1.82, 2.24) is 0 Å². The van der Waals surface area contributed by atoms with Crippen LogP contribution < -0.4 is 0 Å². The highest BCUT2D eigenvalue weighted by molar-refractivity contribution is 5.93. The number of benzene rings is 1. The summed E-state index contributed by atoms with van der Waals surface area (Å²) in [6, 6.07) is 8.83. The molecular weight excluding hydrogens is 284 g/mol. The number of aliphatic hydroxyl groups excluding tert-OH is 1. The lowest BCUT2D eigenvalue weighted by Crippen LogP contribution is -2.46. The Morgan fingerprint density at radius 2 is 1.86 bits per heavy atom. The topological polar surface area (TPSA) is 80.7 Å². The predicted octanol–water partition coefficient (Wildman–Crippen LogP) is 2.02. The van der Waals surface area contributed by atoms with Crippen LogP contribution >= 0.6 is 0 Å². The number of carbonyl (C=O) groups excluding carboxylic acids is 3. The highest BCUT2D eigenvalue weighted by Gasteiger charge is 2.42. The summed E-state index contributed by atoms with van der Waals surface area (Å²) in [6.45, 7) is 3.56. The van der Waals surface area contributed by atoms with E-state index in [4.69, 9.17) is 4.74 Å². The lowest BCUT2D eigenvalue weighted by molar-refractivity contribution is -0.174. The molecular formula is C17H22O5. The van der Waals surface area contributed by atoms with E-state index >= 15 is 0 Å². The zero-order valence-electron chi connectivity index (χ0n) is 12.9. The van der Waals surface area contributed by atoms with Gasteiger partial charge >= 0.3 is 5.97 Å². The van der Waals surface area contributed by atoms with Gasteiger partial charge in [-0.3, -0.25) is 9.59 Å². The van der Waals surface area contributed by atoms with Crippen LogP contribution in [0, 0.1) is 0 Å². The van der Waals surface area contributed by atoms with Crippen molar-refractivity contribution in [1.29, 1.82) is 0 Å². The molecule has 2 atom stereocenters. The Hall–Kier alpha value is -2.01. The van der Waals surface area contributed by atoms with Crippen molar-refractivity contribution in [2.24, 2.45) is 0 Å². The number of hydrogen-bond acceptors (Lipinski definition) is 5. The van der Waals surface area contributed by atoms with Crippen molar-refractivity contribution in [2.75, 3.05) is 0 Å². The van der Waals surface area contributed by atoms with Gasteiger partial charge in [-0.2, -0.15) is 0 Å². The number of ether oxygens (including phenoxy) is 1. The molecule has 0 radical (unpaired) electrons. The molecule has 1 N–H and O–H groups in total. The second kappa shape index (κ2) is 8.44. The lowest BCUT2D eigenvalue weighted by atomic mass is 9.85. The van der Waals surface area contributed by atoms with E-state index in [-0.39, 0.29) is 6.42 Å². The first-order valence-corrected chi connectivity index (χ1v) is 7.39. The monoisotopic (exact) mass is 306 g/mol. The van der Waals surface area contributed by atoms with Crippen LogP contribution in [0.3, 0.4) is 0 Å². The van der Waals surface area contributed by atoms with Gasteiger partial charge in [0.15, 0.2) is 18.7 Å². The number of rotatable bonds is 9. The summed E-state index contributed by atoms with van der Waals surface area (Å²) in [5, 5.41) is 9.75. The average molecular weight is 306 g/mol. The van der Waals surface area contributed by atoms with Crippen molar-refractivity contribution in [3.05, 3.63) is 35.9 Å². The quantitative estimate of drug-likeness (QED) is 0.429. The van der Waals surface area contributed by atoms with E-state index in [1.54, 1.807) is 37.3 Å². The number of unbranched alkanes of at least 4 members (excludes halogenated alkanes) is 1. The van der Waals surface area contributed by atoms with Crippen molar-refractivity contribution in [3.8, 4) is 0 Å². The van der Waals surface area contributed by atoms with Gasteiger partial charge in [0.05, 0.1) is 0 Å². The van der Waals surface area contributed by atoms with E-state index in [0.717, 1.165) is 6.42 Å². The molecule has 0 aliphatic rings. The molecule has 1 aromatic rings. The number of carbonyl (C=O) groups is 3. The number of esters is 1. The van der Waals surface area contributed by atoms with E-state index in [0.29, 0.717) is 24.6 Å². The molecule has 1 aromatic carbocycles. The maximum atomic E-state index is 11.9. The van der Waals surface area contributed by atoms with Crippen LogP contribution in [0.2, 0.25) is 0 Å². The Labute approximate surface area is 130 Å². The van der Waals surface area contributed by atoms with E-state index in [9.17, 15) is 19.5 Å². The SMILES string of the molecule is CCCCC(O)C(=O)OC(C=O)(C=O)C(C)c1ccccc1. The molecule has 0 saturated carbocycles. The average Bonchev–Trinajstić information content (AvgIpc) is 2.57. The van der Waals surface area contributed by atoms with Crippen LogP contribution in [0.1, 0.15) is 44.6 Å². The van der Waals surface area contributed by atoms with Gasteiger partial charge in [0.25, 0.3) is 0 Å². The minimum absolute atomic E-state index is 0.239. The van der Waals surface area contributed by atoms with Crippen LogP contribution in [0.25, 0.3) is 0 Å². The van der Waals surface area contributed by atoms with Crippen LogP contribution in [0.15, 0.2) is 30.3 Å². The number of aldehydes is 2. The molecule has 0 amide bonds. The third-order valence-electron chi connectivity index (χ3n) is 3.73. The maximum Gasteiger partial charge on any atom is 0.336 e. The highest BCUT2D eigenvalue weighted by atomic mass is 16.6. The van der Waals surface area contributed by atoms with Crippen LogP contribution in [0.4, 0.5) is 0 Å². The third-order valence-corrected chi connectivity index (χ3v) is 3.73. The fraction of sp³-hybridized carbons (Fsp3) is 0.471. The molecule has 0 fully saturated rings. The molecule has 0 heterocycles. The van der Waals surface area contributed by atoms with Crippen LogP contribution in [-0.4, -0.2) is 35.4 Å². The smallest absolute Gasteiger partial charge is 0.336 e. The van der Waals surface area contributed by atoms with Crippen LogP contribution in [-0.2, 0) is 19.1 Å². The second-order valence-corrected chi connectivity index (χ2v) is 5.30. The first-order valence-electron chi connectivity index (χ1n) is 7.39. The van der Waals surface area contributed by atoms with Crippen molar-refractivity contribution in [3.63, 3.8) is 0 Å². The molecule has 0 saturated heterocycles. The Kier molecular flexibility index (Phi) is 6.92. The molecule has 1 rings (SSSR count). The Bertz CT molecular complexity index is 489. The van der Waals surface area contributed by atoms with Crippen molar-refractivity contribution in [2.45, 2.75) is 50.7 Å². The van der Waals surface area contributed by atoms with Crippen LogP contribution in [0.5, 0.6) is 0 Å². The fourth-order valence-corrected chi connectivity index (χ4v) is 2.13. The van der Waals surface area contributed by atoms with E-state index in [2.05, 4.69) is 0 Å². The van der Waals surface area contributed by atoms with E-state index < -0.39 is 23.6 Å². The summed E-state index contributed by atoms with van der Waals surface area (Å²) < 4.78 is 5.09. The van der Waals surface area contributed by atoms with Gasteiger partial charge in [-0.05, 0) is 12.0 Å². The minimum Gasteiger partial charge on any atom is -0.441 e. The lowest BCUT2D eigenvalue weighted by Gasteiger charge is -2.29. The minimum atomic E-state index is -1.92. The summed E-state index contributed by atoms with van der Waals surface area (Å²) in [5.41, 5.74) is -1.23. The Morgan fingerprint density at radius 3 is 2.36 bits per heavy atom. The predicted molar refractivity (Wildman–Crippen MR) is 81.3 cm³/mol. The molecule has 0 spiro atoms. The van der Waals surface area contributed by atoms with E-state index in [1.165, 1.54) is 0 Å². The number of hydrogen-bond donors (Lipinski definition) is 1. The van der Waals surface area contributed by atoms with Crippen molar-refractivity contribution >= 4 is 18.5 Å². The molecule has 0 bridgehead atoms. The van der Waals surface area contributed by atoms with Gasteiger partial charge in [-0.15, -0.1) is 0 Å². The molecule has 120 valence electrons. The standard InChI is InChI=1S/C17H22O5/c1-3-4-10-15(20)16(21)22-17(11-18,12-19)13(2)14-8-6-5-7-9-14/h5-9,11-13,15,20H,3-4,10H2,1-2H3. The maximum absolute atomic E-state index is 11.9. The summed E-state index contributed by atoms with van der Waals surface area (Å²) in [5.74, 6) is -1.60. The van der Waals surface area contributed by atoms with Gasteiger partial charge < -0.3 is 9.84 Å². The summed E-state index contributed by atoms with van der Waals surface area (Å²) in [4.78, 5) is 34.8. The normalized spacial score (nSPS) is 14.0. The second-order valence-electron chi connectivity index (χ2n) is 5.30. The van der Waals surface area contributed by atoms with Gasteiger partial charge in [-0.1, -0.05) is 57.0 Å². The van der Waals surface area contributed by atoms with Gasteiger partial charge in [-0.25, -0.2) is 4.79 Å². The first-order chi connectivity index (χ1) is 10.5. The zero-order chi connectivity index (χ0) is 16.6.